The predicted octanol–water partition coefficient (Wildman–Crippen LogP) is 0.712. The van der Waals surface area contributed by atoms with Gasteiger partial charge >= 0.3 is 5.97 Å². The van der Waals surface area contributed by atoms with E-state index in [-0.39, 0.29) is 29.1 Å². The van der Waals surface area contributed by atoms with E-state index >= 15 is 0 Å². The minimum atomic E-state index is -3.14. The molecule has 2 aromatic rings. The van der Waals surface area contributed by atoms with E-state index in [1.165, 1.54) is 9.42 Å². The van der Waals surface area contributed by atoms with E-state index in [0.717, 1.165) is 11.4 Å². The van der Waals surface area contributed by atoms with Crippen molar-refractivity contribution in [2.45, 2.75) is 52.6 Å². The van der Waals surface area contributed by atoms with E-state index < -0.39 is 34.4 Å². The summed E-state index contributed by atoms with van der Waals surface area (Å²) in [7, 11) is -3.14. The Morgan fingerprint density at radius 1 is 1.34 bits per heavy atom. The smallest absolute Gasteiger partial charge is 0.378 e. The van der Waals surface area contributed by atoms with Gasteiger partial charge in [0.25, 0.3) is 17.5 Å². The minimum absolute atomic E-state index is 0.0602. The molecule has 158 valence electrons. The third-order valence-electron chi connectivity index (χ3n) is 5.08. The van der Waals surface area contributed by atoms with Crippen molar-refractivity contribution in [2.24, 2.45) is 0 Å². The van der Waals surface area contributed by atoms with Crippen molar-refractivity contribution in [1.29, 1.82) is 0 Å². The van der Waals surface area contributed by atoms with E-state index in [1.807, 2.05) is 27.7 Å². The molecule has 0 saturated carbocycles. The first-order chi connectivity index (χ1) is 13.6. The molecule has 0 aromatic carbocycles. The highest BCUT2D eigenvalue weighted by Gasteiger charge is 2.37. The second-order valence-electron chi connectivity index (χ2n) is 7.38. The zero-order valence-electron chi connectivity index (χ0n) is 17.0. The van der Waals surface area contributed by atoms with Gasteiger partial charge in [0.05, 0.1) is 11.5 Å². The number of carbonyl (C=O) groups excluding carboxylic acids is 2. The van der Waals surface area contributed by atoms with Crippen LogP contribution in [0, 0.1) is 13.8 Å². The summed E-state index contributed by atoms with van der Waals surface area (Å²) in [4.78, 5) is 34.9. The van der Waals surface area contributed by atoms with Crippen LogP contribution in [0.2, 0.25) is 0 Å². The number of rotatable bonds is 6. The fourth-order valence-electron chi connectivity index (χ4n) is 3.52. The Balaban J connectivity index is 1.71. The minimum Gasteiger partial charge on any atom is -0.450 e. The number of aryl methyl sites for hydroxylation is 2. The van der Waals surface area contributed by atoms with Gasteiger partial charge in [-0.15, -0.1) is 5.10 Å². The first kappa shape index (κ1) is 21.2. The lowest BCUT2D eigenvalue weighted by atomic mass is 10.1. The van der Waals surface area contributed by atoms with E-state index in [4.69, 9.17) is 4.74 Å². The zero-order chi connectivity index (χ0) is 21.3. The van der Waals surface area contributed by atoms with Gasteiger partial charge in [0.2, 0.25) is 0 Å². The van der Waals surface area contributed by atoms with Gasteiger partial charge in [0, 0.05) is 23.5 Å². The molecule has 0 spiro atoms. The van der Waals surface area contributed by atoms with Crippen molar-refractivity contribution in [2.75, 3.05) is 18.1 Å². The van der Waals surface area contributed by atoms with E-state index in [2.05, 4.69) is 15.1 Å². The van der Waals surface area contributed by atoms with Crippen LogP contribution >= 0.6 is 0 Å². The van der Waals surface area contributed by atoms with Crippen LogP contribution in [0.4, 0.5) is 0 Å². The summed E-state index contributed by atoms with van der Waals surface area (Å²) in [5, 5.41) is 4.09. The maximum Gasteiger partial charge on any atom is 0.378 e. The van der Waals surface area contributed by atoms with E-state index in [1.54, 1.807) is 6.07 Å². The molecular formula is C18H25N5O5S. The zero-order valence-corrected chi connectivity index (χ0v) is 17.8. The van der Waals surface area contributed by atoms with E-state index in [0.29, 0.717) is 12.8 Å². The normalized spacial score (nSPS) is 19.2. The Morgan fingerprint density at radius 3 is 2.69 bits per heavy atom. The van der Waals surface area contributed by atoms with Gasteiger partial charge in [-0.3, -0.25) is 4.79 Å². The van der Waals surface area contributed by atoms with Gasteiger partial charge in [-0.05, 0) is 39.7 Å². The molecule has 2 atom stereocenters. The first-order valence-electron chi connectivity index (χ1n) is 9.51. The maximum absolute atomic E-state index is 12.7. The number of aromatic nitrogens is 4. The van der Waals surface area contributed by atoms with E-state index in [9.17, 15) is 18.0 Å². The highest BCUT2D eigenvalue weighted by molar-refractivity contribution is 7.91. The third-order valence-corrected chi connectivity index (χ3v) is 6.83. The SMILES string of the molecule is CC[C@H](C)N(C(=O)COC(=O)c1nc2nc(C)cc(C)n2n1)[C@H]1CCS(=O)(=O)C1. The molecule has 3 rings (SSSR count). The summed E-state index contributed by atoms with van der Waals surface area (Å²) in [6.45, 7) is 6.89. The van der Waals surface area contributed by atoms with Crippen molar-refractivity contribution in [3.63, 3.8) is 0 Å². The summed E-state index contributed by atoms with van der Waals surface area (Å²) in [5.41, 5.74) is 1.51. The quantitative estimate of drug-likeness (QED) is 0.622. The summed E-state index contributed by atoms with van der Waals surface area (Å²) in [5.74, 6) is -1.16. The number of hydrogen-bond donors (Lipinski definition) is 0. The number of amides is 1. The lowest BCUT2D eigenvalue weighted by Crippen LogP contribution is -2.48. The molecule has 1 aliphatic heterocycles. The van der Waals surface area contributed by atoms with Crippen LogP contribution in [0.25, 0.3) is 5.78 Å². The highest BCUT2D eigenvalue weighted by Crippen LogP contribution is 2.21. The van der Waals surface area contributed by atoms with Gasteiger partial charge < -0.3 is 9.64 Å². The standard InChI is InChI=1S/C18H25N5O5S/c1-5-12(3)22(14-6-7-29(26,27)10-14)15(24)9-28-17(25)16-20-18-19-11(2)8-13(4)23(18)21-16/h8,12,14H,5-7,9-10H2,1-4H3/t12-,14-/m0/s1. The number of hydrogen-bond acceptors (Lipinski definition) is 8. The van der Waals surface area contributed by atoms with Crippen LogP contribution < -0.4 is 0 Å². The third kappa shape index (κ3) is 4.55. The first-order valence-corrected chi connectivity index (χ1v) is 11.3. The van der Waals surface area contributed by atoms with Crippen molar-refractivity contribution >= 4 is 27.5 Å². The van der Waals surface area contributed by atoms with Gasteiger partial charge in [-0.2, -0.15) is 4.98 Å². The van der Waals surface area contributed by atoms with Crippen molar-refractivity contribution in [1.82, 2.24) is 24.5 Å². The molecule has 1 aliphatic rings. The molecule has 29 heavy (non-hydrogen) atoms. The van der Waals surface area contributed by atoms with Gasteiger partial charge in [0.15, 0.2) is 16.4 Å². The molecule has 1 saturated heterocycles. The van der Waals surface area contributed by atoms with Crippen molar-refractivity contribution < 1.29 is 22.7 Å². The summed E-state index contributed by atoms with van der Waals surface area (Å²) in [6, 6.07) is 1.24. The van der Waals surface area contributed by atoms with Gasteiger partial charge in [-0.1, -0.05) is 6.92 Å². The molecule has 1 amide bonds. The lowest BCUT2D eigenvalue weighted by molar-refractivity contribution is -0.138. The summed E-state index contributed by atoms with van der Waals surface area (Å²) >= 11 is 0. The number of ether oxygens (including phenoxy) is 1. The number of sulfone groups is 1. The number of esters is 1. The molecule has 2 aromatic heterocycles. The fourth-order valence-corrected chi connectivity index (χ4v) is 5.23. The maximum atomic E-state index is 12.7. The van der Waals surface area contributed by atoms with Crippen LogP contribution in [0.1, 0.15) is 48.7 Å². The Hall–Kier alpha value is -2.56. The molecule has 0 bridgehead atoms. The number of carbonyl (C=O) groups is 2. The Kier molecular flexibility index (Phi) is 5.87. The molecule has 10 nitrogen and oxygen atoms in total. The fraction of sp³-hybridized carbons (Fsp3) is 0.611. The highest BCUT2D eigenvalue weighted by atomic mass is 32.2. The summed E-state index contributed by atoms with van der Waals surface area (Å²) in [6.07, 6.45) is 1.05. The van der Waals surface area contributed by atoms with Crippen molar-refractivity contribution in [3.8, 4) is 0 Å². The largest absolute Gasteiger partial charge is 0.450 e. The monoisotopic (exact) mass is 423 g/mol. The molecule has 11 heteroatoms. The van der Waals surface area contributed by atoms with Crippen LogP contribution in [-0.2, 0) is 19.4 Å². The van der Waals surface area contributed by atoms with Gasteiger partial charge in [-0.25, -0.2) is 22.7 Å². The van der Waals surface area contributed by atoms with Crippen molar-refractivity contribution in [3.05, 3.63) is 23.3 Å². The molecule has 1 fully saturated rings. The Labute approximate surface area is 169 Å². The Bertz CT molecular complexity index is 1050. The average Bonchev–Trinajstić information content (AvgIpc) is 3.23. The van der Waals surface area contributed by atoms with Gasteiger partial charge in [0.1, 0.15) is 0 Å². The molecule has 0 radical (unpaired) electrons. The Morgan fingerprint density at radius 2 is 2.07 bits per heavy atom. The second kappa shape index (κ2) is 8.05. The topological polar surface area (TPSA) is 124 Å². The van der Waals surface area contributed by atoms with Crippen LogP contribution in [-0.4, -0.2) is 75.0 Å². The average molecular weight is 423 g/mol. The molecule has 0 N–H and O–H groups in total. The van der Waals surface area contributed by atoms with Crippen LogP contribution in [0.15, 0.2) is 6.07 Å². The predicted molar refractivity (Wildman–Crippen MR) is 104 cm³/mol. The van der Waals surface area contributed by atoms with Crippen LogP contribution in [0.3, 0.4) is 0 Å². The molecule has 0 aliphatic carbocycles. The number of nitrogens with zero attached hydrogens (tertiary/aromatic N) is 5. The molecule has 0 unspecified atom stereocenters. The lowest BCUT2D eigenvalue weighted by Gasteiger charge is -2.33. The van der Waals surface area contributed by atoms with Crippen LogP contribution in [0.5, 0.6) is 0 Å². The molecular weight excluding hydrogens is 398 g/mol. The second-order valence-corrected chi connectivity index (χ2v) is 9.61. The number of fused-ring (bicyclic) bond motifs is 1. The molecule has 3 heterocycles. The summed E-state index contributed by atoms with van der Waals surface area (Å²) < 4.78 is 30.2.